The van der Waals surface area contributed by atoms with Crippen LogP contribution in [-0.2, 0) is 18.4 Å². The molecule has 3 atom stereocenters. The third-order valence-corrected chi connectivity index (χ3v) is 18.8. The van der Waals surface area contributed by atoms with Crippen molar-refractivity contribution in [3.05, 3.63) is 60.8 Å². The first-order valence-electron chi connectivity index (χ1n) is 38.7. The number of phosphoric acid groups is 1. The smallest absolute Gasteiger partial charge is 0.391 e. The van der Waals surface area contributed by atoms with Crippen LogP contribution in [0.5, 0.6) is 0 Å². The summed E-state index contributed by atoms with van der Waals surface area (Å²) in [5.74, 6) is -0.137. The van der Waals surface area contributed by atoms with E-state index in [9.17, 15) is 19.4 Å². The van der Waals surface area contributed by atoms with Gasteiger partial charge in [0, 0.05) is 6.42 Å². The third kappa shape index (κ3) is 71.6. The Morgan fingerprint density at radius 1 is 0.398 bits per heavy atom. The number of rotatable bonds is 72. The van der Waals surface area contributed by atoms with Crippen molar-refractivity contribution < 1.29 is 32.9 Å². The van der Waals surface area contributed by atoms with Gasteiger partial charge in [-0.15, -0.1) is 0 Å². The molecule has 518 valence electrons. The maximum atomic E-state index is 13.1. The number of aliphatic hydroxyl groups excluding tert-OH is 1. The van der Waals surface area contributed by atoms with E-state index >= 15 is 0 Å². The normalized spacial score (nSPS) is 13.9. The van der Waals surface area contributed by atoms with Crippen LogP contribution >= 0.6 is 7.82 Å². The molecule has 0 saturated carbocycles. The number of nitrogens with one attached hydrogen (secondary N) is 1. The fourth-order valence-electron chi connectivity index (χ4n) is 11.8. The summed E-state index contributed by atoms with van der Waals surface area (Å²) in [6, 6.07) is -0.762. The molecule has 0 fully saturated rings. The van der Waals surface area contributed by atoms with Crippen molar-refractivity contribution in [1.82, 2.24) is 5.32 Å². The summed E-state index contributed by atoms with van der Waals surface area (Å²) in [5.41, 5.74) is 0. The van der Waals surface area contributed by atoms with E-state index in [0.29, 0.717) is 23.9 Å². The van der Waals surface area contributed by atoms with Crippen LogP contribution in [0.2, 0.25) is 0 Å². The van der Waals surface area contributed by atoms with E-state index in [1.54, 1.807) is 0 Å². The number of aliphatic hydroxyl groups is 1. The van der Waals surface area contributed by atoms with Gasteiger partial charge in [-0.25, -0.2) is 4.57 Å². The quantitative estimate of drug-likeness (QED) is 0.0243. The molecule has 0 aliphatic rings. The van der Waals surface area contributed by atoms with Gasteiger partial charge in [-0.05, 0) is 57.8 Å². The van der Waals surface area contributed by atoms with Crippen LogP contribution in [0.3, 0.4) is 0 Å². The van der Waals surface area contributed by atoms with Crippen LogP contribution in [0, 0.1) is 0 Å². The summed E-state index contributed by atoms with van der Waals surface area (Å²) < 4.78 is 24.0. The zero-order valence-electron chi connectivity index (χ0n) is 59.5. The van der Waals surface area contributed by atoms with Crippen molar-refractivity contribution in [3.8, 4) is 0 Å². The van der Waals surface area contributed by atoms with E-state index in [2.05, 4.69) is 79.9 Å². The van der Waals surface area contributed by atoms with Gasteiger partial charge in [0.25, 0.3) is 0 Å². The fourth-order valence-corrected chi connectivity index (χ4v) is 12.6. The van der Waals surface area contributed by atoms with Gasteiger partial charge in [0.1, 0.15) is 13.2 Å². The Hall–Kier alpha value is -1.80. The number of unbranched alkanes of at least 4 members (excludes halogenated alkanes) is 49. The Morgan fingerprint density at radius 3 is 1.00 bits per heavy atom. The largest absolute Gasteiger partial charge is 0.472 e. The minimum absolute atomic E-state index is 0.0761. The highest BCUT2D eigenvalue weighted by molar-refractivity contribution is 7.47. The zero-order chi connectivity index (χ0) is 64.1. The summed E-state index contributed by atoms with van der Waals surface area (Å²) in [6.07, 6.45) is 96.4. The van der Waals surface area contributed by atoms with E-state index in [-0.39, 0.29) is 19.1 Å². The van der Waals surface area contributed by atoms with Crippen molar-refractivity contribution >= 4 is 13.7 Å². The number of carbonyl (C=O) groups is 1. The maximum Gasteiger partial charge on any atom is 0.472 e. The molecule has 0 aliphatic carbocycles. The molecule has 0 spiro atoms. The number of nitrogens with zero attached hydrogens (tertiary/aromatic N) is 1. The molecule has 0 aromatic heterocycles. The number of allylic oxidation sites excluding steroid dienone is 10. The SMILES string of the molecule is CC/C=C\C/C=C\C/C=C\C/C=C\C/C=C\CCCCCCCCCCCCCCCCCCCCCCCC(=O)NC(COP(=O)(O)OCC[N+](C)(C)C)C(O)CCCCCCCCCCCCCCCCCCCCCCCCCCCCCCC. The second-order valence-corrected chi connectivity index (χ2v) is 29.2. The van der Waals surface area contributed by atoms with E-state index in [4.69, 9.17) is 9.05 Å². The average molecular weight is 1260 g/mol. The highest BCUT2D eigenvalue weighted by Crippen LogP contribution is 2.43. The third-order valence-electron chi connectivity index (χ3n) is 17.8. The first-order chi connectivity index (χ1) is 43.0. The number of quaternary nitrogens is 1. The predicted molar refractivity (Wildman–Crippen MR) is 387 cm³/mol. The standard InChI is InChI=1S/C79H151N2O6P/c1-6-8-10-12-14-16-18-20-22-24-26-28-30-32-34-36-37-38-39-40-41-42-43-45-47-49-51-53-55-57-59-61-63-65-67-69-71-73-79(83)80-77(76-87-88(84,85)86-75-74-81(3,4)5)78(82)72-70-68-66-64-62-60-58-56-54-52-50-48-46-44-35-33-31-29-27-25-23-21-19-17-15-13-11-9-7-2/h8,10,14,16,20,22,26,28,32,34,77-78,82H,6-7,9,11-13,15,17-19,21,23-25,27,29-31,33,35-76H2,1-5H3,(H-,80,83,84,85)/p+1/b10-8-,16-14-,22-20-,28-26-,34-32-. The Morgan fingerprint density at radius 2 is 0.682 bits per heavy atom. The highest BCUT2D eigenvalue weighted by Gasteiger charge is 2.28. The maximum absolute atomic E-state index is 13.1. The van der Waals surface area contributed by atoms with Crippen LogP contribution in [0.4, 0.5) is 0 Å². The minimum atomic E-state index is -4.33. The van der Waals surface area contributed by atoms with Crippen molar-refractivity contribution in [1.29, 1.82) is 0 Å². The van der Waals surface area contributed by atoms with E-state index < -0.39 is 20.0 Å². The van der Waals surface area contributed by atoms with Crippen molar-refractivity contribution in [2.24, 2.45) is 0 Å². The summed E-state index contributed by atoms with van der Waals surface area (Å²) >= 11 is 0. The average Bonchev–Trinajstić information content (AvgIpc) is 3.70. The van der Waals surface area contributed by atoms with Gasteiger partial charge in [-0.3, -0.25) is 13.8 Å². The number of likely N-dealkylation sites (N-methyl/N-ethyl adjacent to an activating group) is 1. The fraction of sp³-hybridized carbons (Fsp3) is 0.861. The van der Waals surface area contributed by atoms with Gasteiger partial charge in [0.15, 0.2) is 0 Å². The van der Waals surface area contributed by atoms with Crippen LogP contribution in [0.15, 0.2) is 60.8 Å². The van der Waals surface area contributed by atoms with E-state index in [1.165, 1.54) is 289 Å². The molecule has 0 aromatic carbocycles. The van der Waals surface area contributed by atoms with Gasteiger partial charge in [0.05, 0.1) is 39.9 Å². The number of phosphoric ester groups is 1. The lowest BCUT2D eigenvalue weighted by atomic mass is 10.0. The molecule has 1 amide bonds. The van der Waals surface area contributed by atoms with Crippen LogP contribution in [-0.4, -0.2) is 73.4 Å². The monoisotopic (exact) mass is 1260 g/mol. The molecule has 9 heteroatoms. The van der Waals surface area contributed by atoms with Crippen molar-refractivity contribution in [3.63, 3.8) is 0 Å². The molecule has 0 bridgehead atoms. The van der Waals surface area contributed by atoms with Gasteiger partial charge >= 0.3 is 7.82 Å². The minimum Gasteiger partial charge on any atom is -0.391 e. The first-order valence-corrected chi connectivity index (χ1v) is 40.1. The van der Waals surface area contributed by atoms with Gasteiger partial charge in [-0.2, -0.15) is 0 Å². The zero-order valence-corrected chi connectivity index (χ0v) is 60.4. The summed E-state index contributed by atoms with van der Waals surface area (Å²) in [5, 5.41) is 14.2. The first kappa shape index (κ1) is 86.2. The topological polar surface area (TPSA) is 105 Å². The highest BCUT2D eigenvalue weighted by atomic mass is 31.2. The Kier molecular flexibility index (Phi) is 68.1. The van der Waals surface area contributed by atoms with Gasteiger partial charge in [-0.1, -0.05) is 383 Å². The number of amides is 1. The van der Waals surface area contributed by atoms with Gasteiger partial charge < -0.3 is 19.8 Å². The van der Waals surface area contributed by atoms with Gasteiger partial charge in [0.2, 0.25) is 5.91 Å². The summed E-state index contributed by atoms with van der Waals surface area (Å²) in [4.78, 5) is 23.5. The van der Waals surface area contributed by atoms with Crippen LogP contribution < -0.4 is 5.32 Å². The molecule has 0 aromatic rings. The Balaban J connectivity index is 3.94. The number of hydrogen-bond donors (Lipinski definition) is 3. The molecular formula is C79H152N2O6P+. The Bertz CT molecular complexity index is 1620. The lowest BCUT2D eigenvalue weighted by Crippen LogP contribution is -2.46. The molecule has 0 heterocycles. The van der Waals surface area contributed by atoms with Crippen LogP contribution in [0.25, 0.3) is 0 Å². The van der Waals surface area contributed by atoms with Crippen molar-refractivity contribution in [2.75, 3.05) is 40.9 Å². The molecule has 0 aliphatic heterocycles. The van der Waals surface area contributed by atoms with E-state index in [0.717, 1.165) is 70.6 Å². The predicted octanol–water partition coefficient (Wildman–Crippen LogP) is 25.1. The number of carbonyl (C=O) groups excluding carboxylic acids is 1. The molecule has 0 saturated heterocycles. The molecule has 0 rings (SSSR count). The second kappa shape index (κ2) is 69.5. The molecule has 88 heavy (non-hydrogen) atoms. The lowest BCUT2D eigenvalue weighted by molar-refractivity contribution is -0.870. The molecule has 3 unspecified atom stereocenters. The summed E-state index contributed by atoms with van der Waals surface area (Å²) in [6.45, 7) is 4.83. The summed E-state index contributed by atoms with van der Waals surface area (Å²) in [7, 11) is 1.63. The van der Waals surface area contributed by atoms with Crippen LogP contribution in [0.1, 0.15) is 386 Å². The second-order valence-electron chi connectivity index (χ2n) is 27.7. The number of hydrogen-bond acceptors (Lipinski definition) is 5. The molecular weight excluding hydrogens is 1100 g/mol. The molecule has 0 radical (unpaired) electrons. The molecule has 3 N–H and O–H groups in total. The molecule has 8 nitrogen and oxygen atoms in total. The Labute approximate surface area is 549 Å². The van der Waals surface area contributed by atoms with Crippen molar-refractivity contribution in [2.45, 2.75) is 398 Å². The lowest BCUT2D eigenvalue weighted by Gasteiger charge is -2.26. The van der Waals surface area contributed by atoms with E-state index in [1.807, 2.05) is 21.1 Å².